The Morgan fingerprint density at radius 2 is 1.21 bits per heavy atom. The van der Waals surface area contributed by atoms with Crippen LogP contribution < -0.4 is 0 Å². The summed E-state index contributed by atoms with van der Waals surface area (Å²) < 4.78 is 7.84. The van der Waals surface area contributed by atoms with Crippen molar-refractivity contribution in [1.29, 1.82) is 0 Å². The lowest BCUT2D eigenvalue weighted by atomic mass is 9.77. The van der Waals surface area contributed by atoms with Crippen LogP contribution in [-0.2, 0) is 21.5 Å². The van der Waals surface area contributed by atoms with Crippen LogP contribution in [0.3, 0.4) is 0 Å². The molecule has 5 aromatic carbocycles. The Kier molecular flexibility index (Phi) is 8.34. The molecular weight excluding hydrogens is 598 g/mol. The lowest BCUT2D eigenvalue weighted by Crippen LogP contribution is -2.44. The van der Waals surface area contributed by atoms with Crippen LogP contribution in [-0.4, -0.2) is 51.3 Å². The SMILES string of the molecule is CN(C(=O)OCC1c2ccccc2-c2ccccc21)C(Cc1cn(C(c2ccccc2)(c2ccccc2)c2ccccc2)cn1)C(=O)O. The zero-order chi connectivity index (χ0) is 33.1. The molecule has 0 aliphatic heterocycles. The maximum absolute atomic E-state index is 13.4. The minimum Gasteiger partial charge on any atom is -0.480 e. The van der Waals surface area contributed by atoms with Crippen LogP contribution in [0.1, 0.15) is 39.4 Å². The van der Waals surface area contributed by atoms with Crippen molar-refractivity contribution in [3.8, 4) is 11.1 Å². The standard InChI is InChI=1S/C41H35N3O4/c1-43(40(47)48-27-37-35-23-13-11-21-33(35)34-22-12-14-24-36(34)37)38(39(45)46)25-32-26-44(28-42-32)41(29-15-5-2-6-16-29,30-17-7-3-8-18-30)31-19-9-4-10-20-31/h2-24,26,28,37-38H,25,27H2,1H3,(H,45,46). The first-order chi connectivity index (χ1) is 23.5. The Morgan fingerprint density at radius 1 is 0.750 bits per heavy atom. The van der Waals surface area contributed by atoms with Gasteiger partial charge in [-0.3, -0.25) is 4.90 Å². The van der Waals surface area contributed by atoms with E-state index in [-0.39, 0.29) is 18.9 Å². The molecule has 0 radical (unpaired) electrons. The van der Waals surface area contributed by atoms with Gasteiger partial charge in [-0.25, -0.2) is 14.6 Å². The van der Waals surface area contributed by atoms with Gasteiger partial charge in [0.15, 0.2) is 0 Å². The number of nitrogens with zero attached hydrogens (tertiary/aromatic N) is 3. The number of hydrogen-bond acceptors (Lipinski definition) is 4. The number of carboxylic acids is 1. The predicted octanol–water partition coefficient (Wildman–Crippen LogP) is 7.60. The summed E-state index contributed by atoms with van der Waals surface area (Å²) in [5, 5.41) is 10.3. The summed E-state index contributed by atoms with van der Waals surface area (Å²) in [5.74, 6) is -1.27. The number of likely N-dealkylation sites (N-methyl/N-ethyl adjacent to an activating group) is 1. The molecule has 0 saturated heterocycles. The molecule has 48 heavy (non-hydrogen) atoms. The van der Waals surface area contributed by atoms with Crippen LogP contribution in [0.2, 0.25) is 0 Å². The molecule has 6 aromatic rings. The van der Waals surface area contributed by atoms with E-state index >= 15 is 0 Å². The minimum atomic E-state index is -1.19. The van der Waals surface area contributed by atoms with Crippen molar-refractivity contribution in [3.63, 3.8) is 0 Å². The number of hydrogen-bond donors (Lipinski definition) is 1. The zero-order valence-electron chi connectivity index (χ0n) is 26.5. The van der Waals surface area contributed by atoms with Gasteiger partial charge in [0.25, 0.3) is 0 Å². The number of carbonyl (C=O) groups is 2. The highest BCUT2D eigenvalue weighted by Crippen LogP contribution is 2.45. The maximum atomic E-state index is 13.4. The fourth-order valence-electron chi connectivity index (χ4n) is 7.05. The fourth-order valence-corrected chi connectivity index (χ4v) is 7.05. The van der Waals surface area contributed by atoms with E-state index in [4.69, 9.17) is 9.72 Å². The number of aliphatic carboxylic acids is 1. The van der Waals surface area contributed by atoms with Crippen molar-refractivity contribution in [1.82, 2.24) is 14.5 Å². The third-order valence-corrected chi connectivity index (χ3v) is 9.38. The highest BCUT2D eigenvalue weighted by molar-refractivity contribution is 5.81. The molecule has 7 nitrogen and oxygen atoms in total. The van der Waals surface area contributed by atoms with E-state index in [2.05, 4.69) is 48.5 Å². The number of aromatic nitrogens is 2. The van der Waals surface area contributed by atoms with Gasteiger partial charge in [0.05, 0.1) is 12.0 Å². The number of carboxylic acid groups (broad SMARTS) is 1. The van der Waals surface area contributed by atoms with Crippen LogP contribution in [0, 0.1) is 0 Å². The van der Waals surface area contributed by atoms with E-state index in [0.29, 0.717) is 5.69 Å². The quantitative estimate of drug-likeness (QED) is 0.157. The van der Waals surface area contributed by atoms with Crippen molar-refractivity contribution in [2.75, 3.05) is 13.7 Å². The van der Waals surface area contributed by atoms with E-state index in [1.165, 1.54) is 7.05 Å². The average Bonchev–Trinajstić information content (AvgIpc) is 3.74. The van der Waals surface area contributed by atoms with E-state index < -0.39 is 23.6 Å². The number of benzene rings is 5. The van der Waals surface area contributed by atoms with E-state index in [1.807, 2.05) is 102 Å². The van der Waals surface area contributed by atoms with Gasteiger partial charge in [0.2, 0.25) is 0 Å². The second-order valence-electron chi connectivity index (χ2n) is 12.1. The first-order valence-electron chi connectivity index (χ1n) is 16.0. The molecule has 7 rings (SSSR count). The third kappa shape index (κ3) is 5.43. The highest BCUT2D eigenvalue weighted by atomic mass is 16.6. The molecule has 0 fully saturated rings. The fraction of sp³-hybridized carbons (Fsp3) is 0.146. The summed E-state index contributed by atoms with van der Waals surface area (Å²) in [5.41, 5.74) is 7.25. The molecule has 0 spiro atoms. The van der Waals surface area contributed by atoms with Gasteiger partial charge in [-0.2, -0.15) is 0 Å². The normalized spacial score (nSPS) is 12.9. The number of ether oxygens (including phenoxy) is 1. The molecular formula is C41H35N3O4. The van der Waals surface area contributed by atoms with E-state index in [0.717, 1.165) is 43.8 Å². The van der Waals surface area contributed by atoms with Gasteiger partial charge >= 0.3 is 12.1 Å². The van der Waals surface area contributed by atoms with Crippen LogP contribution in [0.15, 0.2) is 152 Å². The molecule has 1 amide bonds. The number of imidazole rings is 1. The minimum absolute atomic E-state index is 0.00250. The van der Waals surface area contributed by atoms with Gasteiger partial charge in [0.1, 0.15) is 18.2 Å². The van der Waals surface area contributed by atoms with Gasteiger partial charge in [-0.15, -0.1) is 0 Å². The second-order valence-corrected chi connectivity index (χ2v) is 12.1. The molecule has 238 valence electrons. The second kappa shape index (κ2) is 13.0. The van der Waals surface area contributed by atoms with Crippen molar-refractivity contribution in [2.24, 2.45) is 0 Å². The summed E-state index contributed by atoms with van der Waals surface area (Å²) in [6.07, 6.45) is 2.93. The number of amides is 1. The summed E-state index contributed by atoms with van der Waals surface area (Å²) in [7, 11) is 1.47. The van der Waals surface area contributed by atoms with Crippen LogP contribution in [0.4, 0.5) is 4.79 Å². The molecule has 1 unspecified atom stereocenters. The molecule has 1 aromatic heterocycles. The van der Waals surface area contributed by atoms with Crippen molar-refractivity contribution < 1.29 is 19.4 Å². The molecule has 0 bridgehead atoms. The summed E-state index contributed by atoms with van der Waals surface area (Å²) in [6.45, 7) is 0.103. The third-order valence-electron chi connectivity index (χ3n) is 9.38. The van der Waals surface area contributed by atoms with Crippen LogP contribution in [0.25, 0.3) is 11.1 Å². The van der Waals surface area contributed by atoms with Gasteiger partial charge in [-0.05, 0) is 38.9 Å². The summed E-state index contributed by atoms with van der Waals surface area (Å²) >= 11 is 0. The Bertz CT molecular complexity index is 1900. The smallest absolute Gasteiger partial charge is 0.410 e. The molecule has 1 N–H and O–H groups in total. The van der Waals surface area contributed by atoms with E-state index in [9.17, 15) is 14.7 Å². The number of rotatable bonds is 10. The molecule has 7 heteroatoms. The Morgan fingerprint density at radius 3 is 1.69 bits per heavy atom. The molecule has 1 heterocycles. The highest BCUT2D eigenvalue weighted by Gasteiger charge is 2.39. The topological polar surface area (TPSA) is 84.7 Å². The lowest BCUT2D eigenvalue weighted by Gasteiger charge is -2.37. The molecule has 1 aliphatic carbocycles. The van der Waals surface area contributed by atoms with Crippen molar-refractivity contribution in [2.45, 2.75) is 23.9 Å². The van der Waals surface area contributed by atoms with Gasteiger partial charge in [-0.1, -0.05) is 140 Å². The molecule has 1 aliphatic rings. The Hall–Kier alpha value is -5.95. The number of fused-ring (bicyclic) bond motifs is 3. The zero-order valence-corrected chi connectivity index (χ0v) is 26.5. The maximum Gasteiger partial charge on any atom is 0.410 e. The first kappa shape index (κ1) is 30.7. The van der Waals surface area contributed by atoms with Crippen LogP contribution >= 0.6 is 0 Å². The predicted molar refractivity (Wildman–Crippen MR) is 185 cm³/mol. The van der Waals surface area contributed by atoms with Crippen LogP contribution in [0.5, 0.6) is 0 Å². The number of carbonyl (C=O) groups excluding carboxylic acids is 1. The largest absolute Gasteiger partial charge is 0.480 e. The lowest BCUT2D eigenvalue weighted by molar-refractivity contribution is -0.142. The molecule has 1 atom stereocenters. The van der Waals surface area contributed by atoms with Gasteiger partial charge in [0, 0.05) is 25.6 Å². The average molecular weight is 634 g/mol. The summed E-state index contributed by atoms with van der Waals surface area (Å²) in [4.78, 5) is 31.9. The van der Waals surface area contributed by atoms with Crippen molar-refractivity contribution >= 4 is 12.1 Å². The molecule has 0 saturated carbocycles. The summed E-state index contributed by atoms with van der Waals surface area (Å²) in [6, 6.07) is 45.6. The van der Waals surface area contributed by atoms with Crippen molar-refractivity contribution in [3.05, 3.63) is 186 Å². The first-order valence-corrected chi connectivity index (χ1v) is 16.0. The Labute approximate surface area is 279 Å². The van der Waals surface area contributed by atoms with Gasteiger partial charge < -0.3 is 14.4 Å². The monoisotopic (exact) mass is 633 g/mol. The Balaban J connectivity index is 1.16. The van der Waals surface area contributed by atoms with E-state index in [1.54, 1.807) is 6.33 Å².